The van der Waals surface area contributed by atoms with Crippen molar-refractivity contribution in [3.63, 3.8) is 0 Å². The summed E-state index contributed by atoms with van der Waals surface area (Å²) < 4.78 is 31.8. The summed E-state index contributed by atoms with van der Waals surface area (Å²) in [6.07, 6.45) is -5.39. The molecule has 2 saturated heterocycles. The Morgan fingerprint density at radius 1 is 0.913 bits per heavy atom. The topological polar surface area (TPSA) is 255 Å². The average Bonchev–Trinajstić information content (AvgIpc) is 3.03. The number of rotatable bonds is 14. The largest absolute Gasteiger partial charge is 0.504 e. The third kappa shape index (κ3) is 9.45. The highest BCUT2D eigenvalue weighted by molar-refractivity contribution is 5.82. The van der Waals surface area contributed by atoms with E-state index in [0.717, 1.165) is 31.4 Å². The zero-order valence-electron chi connectivity index (χ0n) is 25.3. The number of ether oxygens (including phenoxy) is 5. The van der Waals surface area contributed by atoms with Crippen LogP contribution >= 0.6 is 0 Å². The lowest BCUT2D eigenvalue weighted by molar-refractivity contribution is -0.352. The molecule has 0 spiro atoms. The first-order chi connectivity index (χ1) is 21.9. The first-order valence-corrected chi connectivity index (χ1v) is 14.8. The summed E-state index contributed by atoms with van der Waals surface area (Å²) >= 11 is 0. The minimum absolute atomic E-state index is 0.239. The number of hydrogen-bond donors (Lipinski definition) is 8. The molecule has 1 aromatic heterocycles. The number of esters is 1. The number of carbonyl (C=O) groups is 1. The molecule has 0 aliphatic carbocycles. The Labute approximate surface area is 264 Å². The van der Waals surface area contributed by atoms with Crippen molar-refractivity contribution in [3.8, 4) is 11.5 Å². The van der Waals surface area contributed by atoms with E-state index in [1.807, 2.05) is 12.2 Å². The van der Waals surface area contributed by atoms with Gasteiger partial charge in [0.15, 0.2) is 23.9 Å². The third-order valence-electron chi connectivity index (χ3n) is 7.22. The molecule has 2 aliphatic heterocycles. The number of carbonyl (C=O) groups excluding carboxylic acids is 1. The molecule has 258 valence electrons. The molecule has 0 bridgehead atoms. The highest BCUT2D eigenvalue weighted by Gasteiger charge is 2.51. The molecule has 11 atom stereocenters. The fourth-order valence-corrected chi connectivity index (χ4v) is 4.60. The molecule has 2 aliphatic rings. The van der Waals surface area contributed by atoms with Crippen LogP contribution in [0, 0.1) is 0 Å². The van der Waals surface area contributed by atoms with E-state index in [-0.39, 0.29) is 5.76 Å². The summed E-state index contributed by atoms with van der Waals surface area (Å²) in [7, 11) is 0. The molecule has 0 radical (unpaired) electrons. The maximum absolute atomic E-state index is 12.7. The van der Waals surface area contributed by atoms with E-state index < -0.39 is 104 Å². The Kier molecular flexibility index (Phi) is 14.3. The number of aliphatic hydroxyl groups is 7. The second-order valence-electron chi connectivity index (χ2n) is 10.7. The van der Waals surface area contributed by atoms with E-state index in [1.165, 1.54) is 13.0 Å². The quantitative estimate of drug-likeness (QED) is 0.0506. The van der Waals surface area contributed by atoms with Gasteiger partial charge < -0.3 is 69.0 Å². The van der Waals surface area contributed by atoms with Crippen molar-refractivity contribution < 1.29 is 73.7 Å². The van der Waals surface area contributed by atoms with E-state index in [4.69, 9.17) is 28.1 Å². The van der Waals surface area contributed by atoms with E-state index in [1.54, 1.807) is 12.2 Å². The summed E-state index contributed by atoms with van der Waals surface area (Å²) in [5.41, 5.74) is -1.25. The molecule has 16 heteroatoms. The zero-order valence-corrected chi connectivity index (χ0v) is 25.3. The van der Waals surface area contributed by atoms with Crippen molar-refractivity contribution >= 4 is 5.97 Å². The normalized spacial score (nSPS) is 32.7. The molecule has 0 amide bonds. The molecule has 46 heavy (non-hydrogen) atoms. The van der Waals surface area contributed by atoms with E-state index in [2.05, 4.69) is 6.92 Å². The monoisotopic (exact) mass is 658 g/mol. The van der Waals surface area contributed by atoms with E-state index in [0.29, 0.717) is 0 Å². The van der Waals surface area contributed by atoms with Crippen molar-refractivity contribution in [3.05, 3.63) is 58.7 Å². The smallest absolute Gasteiger partial charge is 0.382 e. The van der Waals surface area contributed by atoms with E-state index >= 15 is 0 Å². The van der Waals surface area contributed by atoms with Crippen LogP contribution in [0.5, 0.6) is 11.5 Å². The Hall–Kier alpha value is -3.16. The predicted octanol–water partition coefficient (Wildman–Crippen LogP) is -1.19. The molecule has 2 fully saturated rings. The Morgan fingerprint density at radius 3 is 2.22 bits per heavy atom. The van der Waals surface area contributed by atoms with Crippen LogP contribution < -0.4 is 10.4 Å². The van der Waals surface area contributed by atoms with Crippen LogP contribution in [-0.4, -0.2) is 121 Å². The van der Waals surface area contributed by atoms with Crippen molar-refractivity contribution in [2.24, 2.45) is 0 Å². The van der Waals surface area contributed by atoms with Crippen LogP contribution in [0.3, 0.4) is 0 Å². The van der Waals surface area contributed by atoms with Gasteiger partial charge in [-0.15, -0.1) is 0 Å². The second kappa shape index (κ2) is 17.7. The molecule has 1 aromatic rings. The number of aromatic hydroxyl groups is 1. The number of allylic oxidation sites excluding steroid dienone is 5. The van der Waals surface area contributed by atoms with Gasteiger partial charge in [0.2, 0.25) is 12.0 Å². The maximum atomic E-state index is 12.7. The summed E-state index contributed by atoms with van der Waals surface area (Å²) in [4.78, 5) is 24.8. The van der Waals surface area contributed by atoms with Crippen LogP contribution in [0.4, 0.5) is 0 Å². The molecular weight excluding hydrogens is 616 g/mol. The van der Waals surface area contributed by atoms with Crippen LogP contribution in [0.15, 0.2) is 51.7 Å². The van der Waals surface area contributed by atoms with Crippen LogP contribution in [0.25, 0.3) is 0 Å². The highest BCUT2D eigenvalue weighted by atomic mass is 16.7. The van der Waals surface area contributed by atoms with Crippen molar-refractivity contribution in [2.45, 2.75) is 101 Å². The summed E-state index contributed by atoms with van der Waals surface area (Å²) in [5, 5.41) is 81.3. The van der Waals surface area contributed by atoms with Crippen molar-refractivity contribution in [2.75, 3.05) is 13.2 Å². The standard InChI is InChI=1S/C30H42O16/c1-3-4-5-6-7-8-9-10-11-20(34)41-15(2)17-12-16(33)26(28(40)42-17)45-30-25(39)23(37)27(19(14-32)44-30)46-29-24(38)22(36)21(35)18(13-31)43-29/h6-12,15,18-19,21-25,27,29-33,35-39H,3-5,13-14H2,1-2H3/b7-6+,9-8+,11-10+. The van der Waals surface area contributed by atoms with Gasteiger partial charge in [0.05, 0.1) is 13.2 Å². The van der Waals surface area contributed by atoms with Gasteiger partial charge in [0, 0.05) is 12.1 Å². The van der Waals surface area contributed by atoms with Crippen LogP contribution in [0.1, 0.15) is 45.0 Å². The van der Waals surface area contributed by atoms with Gasteiger partial charge in [0.25, 0.3) is 0 Å². The molecule has 0 saturated carbocycles. The summed E-state index contributed by atoms with van der Waals surface area (Å²) in [6.45, 7) is 1.88. The van der Waals surface area contributed by atoms with Crippen LogP contribution in [0.2, 0.25) is 0 Å². The molecule has 3 heterocycles. The minimum Gasteiger partial charge on any atom is -0.504 e. The summed E-state index contributed by atoms with van der Waals surface area (Å²) in [6, 6.07) is 0.944. The lowest BCUT2D eigenvalue weighted by atomic mass is 9.97. The predicted molar refractivity (Wildman–Crippen MR) is 155 cm³/mol. The Bertz CT molecular complexity index is 1260. The van der Waals surface area contributed by atoms with Crippen molar-refractivity contribution in [1.29, 1.82) is 0 Å². The molecule has 11 unspecified atom stereocenters. The number of unbranched alkanes of at least 4 members (excludes halogenated alkanes) is 2. The fourth-order valence-electron chi connectivity index (χ4n) is 4.60. The van der Waals surface area contributed by atoms with Gasteiger partial charge >= 0.3 is 11.6 Å². The molecule has 8 N–H and O–H groups in total. The van der Waals surface area contributed by atoms with Gasteiger partial charge in [0.1, 0.15) is 48.8 Å². The first kappa shape index (κ1) is 37.3. The Morgan fingerprint density at radius 2 is 1.57 bits per heavy atom. The number of hydrogen-bond acceptors (Lipinski definition) is 16. The minimum atomic E-state index is -1.98. The second-order valence-corrected chi connectivity index (χ2v) is 10.7. The van der Waals surface area contributed by atoms with Gasteiger partial charge in [-0.2, -0.15) is 0 Å². The summed E-state index contributed by atoms with van der Waals surface area (Å²) in [5.74, 6) is -2.61. The van der Waals surface area contributed by atoms with Gasteiger partial charge in [-0.3, -0.25) is 0 Å². The van der Waals surface area contributed by atoms with Gasteiger partial charge in [-0.25, -0.2) is 9.59 Å². The first-order valence-electron chi connectivity index (χ1n) is 14.8. The maximum Gasteiger partial charge on any atom is 0.382 e. The van der Waals surface area contributed by atoms with Crippen molar-refractivity contribution in [1.82, 2.24) is 0 Å². The molecule has 3 rings (SSSR count). The molecule has 0 aromatic carbocycles. The highest BCUT2D eigenvalue weighted by Crippen LogP contribution is 2.33. The average molecular weight is 659 g/mol. The Balaban J connectivity index is 1.64. The zero-order chi connectivity index (χ0) is 34.0. The lowest BCUT2D eigenvalue weighted by Gasteiger charge is -2.45. The van der Waals surface area contributed by atoms with E-state index in [9.17, 15) is 50.4 Å². The fraction of sp³-hybridized carbons (Fsp3) is 0.600. The molecular formula is C30H42O16. The van der Waals surface area contributed by atoms with Gasteiger partial charge in [-0.05, 0) is 13.3 Å². The van der Waals surface area contributed by atoms with Gasteiger partial charge in [-0.1, -0.05) is 50.1 Å². The molecule has 16 nitrogen and oxygen atoms in total. The lowest BCUT2D eigenvalue weighted by Crippen LogP contribution is -2.65. The number of aliphatic hydroxyl groups excluding tert-OH is 7. The van der Waals surface area contributed by atoms with Crippen LogP contribution in [-0.2, 0) is 23.7 Å². The third-order valence-corrected chi connectivity index (χ3v) is 7.22. The SMILES string of the molecule is CCCC/C=C/C=C/C=C/C(=O)OC(C)c1cc(O)c(OC2OC(CO)C(OC3OC(CO)C(O)C(O)C3O)C(O)C2O)c(=O)o1.